The maximum absolute atomic E-state index is 12.3. The molecule has 0 atom stereocenters. The number of amides is 1. The number of ether oxygens (including phenoxy) is 2. The van der Waals surface area contributed by atoms with Gasteiger partial charge >= 0.3 is 0 Å². The van der Waals surface area contributed by atoms with Gasteiger partial charge in [-0.2, -0.15) is 5.26 Å². The van der Waals surface area contributed by atoms with Gasteiger partial charge in [-0.05, 0) is 33.6 Å². The van der Waals surface area contributed by atoms with Gasteiger partial charge in [0.15, 0.2) is 0 Å². The Kier molecular flexibility index (Phi) is 6.61. The minimum atomic E-state index is -0.444. The molecule has 0 saturated carbocycles. The van der Waals surface area contributed by atoms with Crippen molar-refractivity contribution in [1.82, 2.24) is 5.32 Å². The van der Waals surface area contributed by atoms with Crippen LogP contribution in [0.4, 0.5) is 0 Å². The van der Waals surface area contributed by atoms with E-state index >= 15 is 0 Å². The van der Waals surface area contributed by atoms with Crippen LogP contribution in [-0.2, 0) is 11.3 Å². The number of hydrogen-bond acceptors (Lipinski definition) is 4. The zero-order valence-electron chi connectivity index (χ0n) is 13.9. The predicted molar refractivity (Wildman–Crippen MR) is 99.1 cm³/mol. The Bertz CT molecular complexity index is 827. The molecule has 0 saturated heterocycles. The second-order valence-electron chi connectivity index (χ2n) is 5.07. The lowest BCUT2D eigenvalue weighted by Gasteiger charge is -2.10. The summed E-state index contributed by atoms with van der Waals surface area (Å²) in [6.07, 6.45) is 1.49. The summed E-state index contributed by atoms with van der Waals surface area (Å²) in [4.78, 5) is 12.3. The van der Waals surface area contributed by atoms with Crippen LogP contribution < -0.4 is 14.8 Å². The molecule has 2 aromatic rings. The molecule has 6 heteroatoms. The van der Waals surface area contributed by atoms with Gasteiger partial charge in [-0.15, -0.1) is 0 Å². The van der Waals surface area contributed by atoms with Crippen molar-refractivity contribution in [3.63, 3.8) is 0 Å². The van der Waals surface area contributed by atoms with Gasteiger partial charge in [0.05, 0.1) is 18.7 Å². The van der Waals surface area contributed by atoms with Gasteiger partial charge in [-0.25, -0.2) is 0 Å². The van der Waals surface area contributed by atoms with Gasteiger partial charge in [-0.1, -0.05) is 30.3 Å². The first-order chi connectivity index (χ1) is 12.1. The molecule has 0 aliphatic rings. The molecule has 1 N–H and O–H groups in total. The van der Waals surface area contributed by atoms with Crippen molar-refractivity contribution < 1.29 is 14.3 Å². The Morgan fingerprint density at radius 3 is 2.48 bits per heavy atom. The van der Waals surface area contributed by atoms with E-state index in [2.05, 4.69) is 21.2 Å². The summed E-state index contributed by atoms with van der Waals surface area (Å²) >= 11 is 3.39. The van der Waals surface area contributed by atoms with Crippen molar-refractivity contribution in [2.24, 2.45) is 0 Å². The average molecular weight is 401 g/mol. The first kappa shape index (κ1) is 18.6. The predicted octanol–water partition coefficient (Wildman–Crippen LogP) is 3.69. The van der Waals surface area contributed by atoms with Gasteiger partial charge in [0.25, 0.3) is 5.91 Å². The molecule has 0 spiro atoms. The lowest BCUT2D eigenvalue weighted by Crippen LogP contribution is -2.23. The van der Waals surface area contributed by atoms with Crippen molar-refractivity contribution >= 4 is 27.9 Å². The Morgan fingerprint density at radius 1 is 1.20 bits per heavy atom. The highest BCUT2D eigenvalue weighted by Gasteiger charge is 2.13. The number of halogens is 1. The minimum absolute atomic E-state index is 0.00806. The molecule has 0 unspecified atom stereocenters. The smallest absolute Gasteiger partial charge is 0.262 e. The minimum Gasteiger partial charge on any atom is -0.496 e. The van der Waals surface area contributed by atoms with Crippen LogP contribution in [-0.4, -0.2) is 20.1 Å². The number of nitriles is 1. The number of benzene rings is 2. The van der Waals surface area contributed by atoms with E-state index in [9.17, 15) is 10.1 Å². The van der Waals surface area contributed by atoms with E-state index in [-0.39, 0.29) is 5.57 Å². The van der Waals surface area contributed by atoms with Crippen LogP contribution in [0.5, 0.6) is 11.5 Å². The number of methoxy groups -OCH3 is 2. The zero-order chi connectivity index (χ0) is 18.2. The largest absolute Gasteiger partial charge is 0.496 e. The highest BCUT2D eigenvalue weighted by atomic mass is 79.9. The van der Waals surface area contributed by atoms with Crippen LogP contribution >= 0.6 is 15.9 Å². The van der Waals surface area contributed by atoms with Gasteiger partial charge in [0.1, 0.15) is 23.1 Å². The summed E-state index contributed by atoms with van der Waals surface area (Å²) in [6, 6.07) is 14.8. The Hall–Kier alpha value is -2.78. The number of carbonyl (C=O) groups is 1. The van der Waals surface area contributed by atoms with Gasteiger partial charge in [0.2, 0.25) is 0 Å². The fraction of sp³-hybridized carbons (Fsp3) is 0.158. The van der Waals surface area contributed by atoms with E-state index in [1.165, 1.54) is 13.2 Å². The van der Waals surface area contributed by atoms with Crippen molar-refractivity contribution in [3.05, 3.63) is 63.6 Å². The fourth-order valence-corrected chi connectivity index (χ4v) is 2.70. The second kappa shape index (κ2) is 8.90. The molecular formula is C19H17BrN2O3. The Labute approximate surface area is 155 Å². The molecule has 5 nitrogen and oxygen atoms in total. The number of carbonyl (C=O) groups excluding carboxylic acids is 1. The third kappa shape index (κ3) is 4.85. The number of rotatable bonds is 6. The molecule has 0 aromatic heterocycles. The van der Waals surface area contributed by atoms with Crippen LogP contribution in [0.25, 0.3) is 6.08 Å². The van der Waals surface area contributed by atoms with E-state index in [4.69, 9.17) is 9.47 Å². The van der Waals surface area contributed by atoms with Gasteiger partial charge in [0, 0.05) is 18.2 Å². The highest BCUT2D eigenvalue weighted by Crippen LogP contribution is 2.33. The molecule has 2 aromatic carbocycles. The SMILES string of the molecule is COc1cc(OC)c(/C=C(/C#N)C(=O)NCc2ccccc2)cc1Br. The first-order valence-electron chi connectivity index (χ1n) is 7.44. The zero-order valence-corrected chi connectivity index (χ0v) is 15.5. The third-order valence-electron chi connectivity index (χ3n) is 3.46. The Balaban J connectivity index is 2.23. The van der Waals surface area contributed by atoms with Crippen LogP contribution in [0.1, 0.15) is 11.1 Å². The molecule has 0 aliphatic carbocycles. The molecule has 0 bridgehead atoms. The lowest BCUT2D eigenvalue weighted by molar-refractivity contribution is -0.117. The van der Waals surface area contributed by atoms with Crippen LogP contribution in [0.15, 0.2) is 52.5 Å². The van der Waals surface area contributed by atoms with E-state index in [0.29, 0.717) is 28.1 Å². The van der Waals surface area contributed by atoms with Crippen LogP contribution in [0, 0.1) is 11.3 Å². The summed E-state index contributed by atoms with van der Waals surface area (Å²) in [5.74, 6) is 0.657. The second-order valence-corrected chi connectivity index (χ2v) is 5.92. The molecule has 0 radical (unpaired) electrons. The van der Waals surface area contributed by atoms with E-state index in [0.717, 1.165) is 5.56 Å². The van der Waals surface area contributed by atoms with E-state index < -0.39 is 5.91 Å². The van der Waals surface area contributed by atoms with Gasteiger partial charge < -0.3 is 14.8 Å². The number of nitrogens with zero attached hydrogens (tertiary/aromatic N) is 1. The van der Waals surface area contributed by atoms with Gasteiger partial charge in [-0.3, -0.25) is 4.79 Å². The maximum Gasteiger partial charge on any atom is 0.262 e. The molecular weight excluding hydrogens is 384 g/mol. The standard InChI is InChI=1S/C19H17BrN2O3/c1-24-17-10-18(25-2)16(20)9-14(17)8-15(11-21)19(23)22-12-13-6-4-3-5-7-13/h3-10H,12H2,1-2H3,(H,22,23)/b15-8-. The summed E-state index contributed by atoms with van der Waals surface area (Å²) in [6.45, 7) is 0.349. The summed E-state index contributed by atoms with van der Waals surface area (Å²) < 4.78 is 11.2. The normalized spacial score (nSPS) is 10.7. The first-order valence-corrected chi connectivity index (χ1v) is 8.23. The summed E-state index contributed by atoms with van der Waals surface area (Å²) in [5, 5.41) is 12.1. The Morgan fingerprint density at radius 2 is 1.88 bits per heavy atom. The lowest BCUT2D eigenvalue weighted by atomic mass is 10.1. The van der Waals surface area contributed by atoms with E-state index in [1.807, 2.05) is 36.4 Å². The summed E-state index contributed by atoms with van der Waals surface area (Å²) in [5.41, 5.74) is 1.55. The fourth-order valence-electron chi connectivity index (χ4n) is 2.17. The molecule has 25 heavy (non-hydrogen) atoms. The monoisotopic (exact) mass is 400 g/mol. The van der Waals surface area contributed by atoms with Crippen LogP contribution in [0.2, 0.25) is 0 Å². The topological polar surface area (TPSA) is 71.3 Å². The number of hydrogen-bond donors (Lipinski definition) is 1. The molecule has 0 fully saturated rings. The maximum atomic E-state index is 12.3. The number of nitrogens with one attached hydrogen (secondary N) is 1. The summed E-state index contributed by atoms with van der Waals surface area (Å²) in [7, 11) is 3.06. The molecule has 0 aliphatic heterocycles. The van der Waals surface area contributed by atoms with Crippen molar-refractivity contribution in [1.29, 1.82) is 5.26 Å². The van der Waals surface area contributed by atoms with Crippen molar-refractivity contribution in [2.75, 3.05) is 14.2 Å². The molecule has 0 heterocycles. The van der Waals surface area contributed by atoms with Crippen molar-refractivity contribution in [3.8, 4) is 17.6 Å². The highest BCUT2D eigenvalue weighted by molar-refractivity contribution is 9.10. The quantitative estimate of drug-likeness (QED) is 0.592. The third-order valence-corrected chi connectivity index (χ3v) is 4.08. The average Bonchev–Trinajstić information content (AvgIpc) is 2.65. The van der Waals surface area contributed by atoms with Crippen molar-refractivity contribution in [2.45, 2.75) is 6.54 Å². The van der Waals surface area contributed by atoms with E-state index in [1.54, 1.807) is 19.2 Å². The molecule has 128 valence electrons. The molecule has 1 amide bonds. The van der Waals surface area contributed by atoms with Crippen LogP contribution in [0.3, 0.4) is 0 Å². The molecule has 2 rings (SSSR count).